The minimum absolute atomic E-state index is 0.0268. The topological polar surface area (TPSA) is 26.3 Å². The lowest BCUT2D eigenvalue weighted by Gasteiger charge is -2.23. The molecule has 0 fully saturated rings. The van der Waals surface area contributed by atoms with Gasteiger partial charge in [-0.05, 0) is 53.5 Å². The molecule has 0 N–H and O–H groups in total. The van der Waals surface area contributed by atoms with Crippen molar-refractivity contribution in [3.63, 3.8) is 0 Å². The molecule has 0 spiro atoms. The van der Waals surface area contributed by atoms with Crippen molar-refractivity contribution in [1.29, 1.82) is 0 Å². The lowest BCUT2D eigenvalue weighted by molar-refractivity contribution is 0.0210. The van der Waals surface area contributed by atoms with Crippen molar-refractivity contribution in [2.45, 2.75) is 78.2 Å². The van der Waals surface area contributed by atoms with Crippen molar-refractivity contribution >= 4 is 5.97 Å². The number of carbonyl (C=O) groups excluding carboxylic acids is 1. The van der Waals surface area contributed by atoms with Crippen LogP contribution in [-0.2, 0) is 11.2 Å². The van der Waals surface area contributed by atoms with Gasteiger partial charge >= 0.3 is 5.97 Å². The Hall–Kier alpha value is -2.09. The fraction of sp³-hybridized carbons (Fsp3) is 0.500. The van der Waals surface area contributed by atoms with Gasteiger partial charge in [-0.3, -0.25) is 0 Å². The van der Waals surface area contributed by atoms with E-state index < -0.39 is 0 Å². The Labute approximate surface area is 170 Å². The van der Waals surface area contributed by atoms with E-state index in [-0.39, 0.29) is 12.1 Å². The zero-order chi connectivity index (χ0) is 19.9. The van der Waals surface area contributed by atoms with Crippen LogP contribution in [0.4, 0.5) is 0 Å². The molecule has 2 aromatic rings. The van der Waals surface area contributed by atoms with E-state index in [0.29, 0.717) is 5.92 Å². The van der Waals surface area contributed by atoms with E-state index in [2.05, 4.69) is 51.1 Å². The molecular weight excluding hydrogens is 344 g/mol. The Balaban J connectivity index is 1.75. The van der Waals surface area contributed by atoms with Gasteiger partial charge in [0.1, 0.15) is 6.10 Å². The quantitative estimate of drug-likeness (QED) is 0.349. The number of carbonyl (C=O) groups is 1. The van der Waals surface area contributed by atoms with E-state index in [4.69, 9.17) is 4.74 Å². The maximum absolute atomic E-state index is 13.1. The normalized spacial score (nSPS) is 14.2. The summed E-state index contributed by atoms with van der Waals surface area (Å²) in [6.07, 6.45) is 8.72. The first kappa shape index (κ1) is 20.6. The minimum atomic E-state index is -0.145. The van der Waals surface area contributed by atoms with Crippen LogP contribution in [0.2, 0.25) is 0 Å². The third-order valence-electron chi connectivity index (χ3n) is 6.09. The molecule has 0 bridgehead atoms. The molecule has 1 aliphatic carbocycles. The van der Waals surface area contributed by atoms with Gasteiger partial charge in [0.25, 0.3) is 0 Å². The van der Waals surface area contributed by atoms with Gasteiger partial charge in [-0.1, -0.05) is 89.3 Å². The number of fused-ring (bicyclic) bond motifs is 3. The number of rotatable bonds is 10. The molecule has 28 heavy (non-hydrogen) atoms. The Kier molecular flexibility index (Phi) is 7.30. The summed E-state index contributed by atoms with van der Waals surface area (Å²) in [5, 5.41) is 0. The van der Waals surface area contributed by atoms with Crippen molar-refractivity contribution in [3.05, 3.63) is 59.2 Å². The summed E-state index contributed by atoms with van der Waals surface area (Å²) in [4.78, 5) is 13.1. The van der Waals surface area contributed by atoms with Gasteiger partial charge in [0, 0.05) is 0 Å². The second-order valence-electron chi connectivity index (χ2n) is 8.13. The third kappa shape index (κ3) is 4.66. The molecule has 2 nitrogen and oxygen atoms in total. The highest BCUT2D eigenvalue weighted by molar-refractivity contribution is 5.95. The molecule has 2 atom stereocenters. The fourth-order valence-corrected chi connectivity index (χ4v) is 4.46. The summed E-state index contributed by atoms with van der Waals surface area (Å²) in [6.45, 7) is 6.67. The molecule has 150 valence electrons. The first-order valence-corrected chi connectivity index (χ1v) is 11.1. The predicted molar refractivity (Wildman–Crippen MR) is 117 cm³/mol. The number of ether oxygens (including phenoxy) is 1. The summed E-state index contributed by atoms with van der Waals surface area (Å²) in [5.74, 6) is 0.503. The molecule has 0 saturated heterocycles. The van der Waals surface area contributed by atoms with Crippen LogP contribution < -0.4 is 0 Å². The SMILES string of the molecule is CCCCC(CC)CC(CCC)OC(=O)c1cccc2c1Cc1ccccc1-2. The number of esters is 1. The first-order chi connectivity index (χ1) is 13.7. The Bertz CT molecular complexity index is 793. The van der Waals surface area contributed by atoms with E-state index in [9.17, 15) is 4.79 Å². The number of hydrogen-bond donors (Lipinski definition) is 0. The molecular formula is C26H34O2. The highest BCUT2D eigenvalue weighted by atomic mass is 16.5. The fourth-order valence-electron chi connectivity index (χ4n) is 4.46. The van der Waals surface area contributed by atoms with Crippen molar-refractivity contribution in [2.24, 2.45) is 5.92 Å². The molecule has 0 radical (unpaired) electrons. The second-order valence-corrected chi connectivity index (χ2v) is 8.13. The highest BCUT2D eigenvalue weighted by Crippen LogP contribution is 2.38. The lowest BCUT2D eigenvalue weighted by atomic mass is 9.91. The van der Waals surface area contributed by atoms with Crippen molar-refractivity contribution < 1.29 is 9.53 Å². The average molecular weight is 379 g/mol. The largest absolute Gasteiger partial charge is 0.459 e. The summed E-state index contributed by atoms with van der Waals surface area (Å²) >= 11 is 0. The molecule has 2 heteroatoms. The summed E-state index contributed by atoms with van der Waals surface area (Å²) in [7, 11) is 0. The molecule has 0 amide bonds. The monoisotopic (exact) mass is 378 g/mol. The zero-order valence-electron chi connectivity index (χ0n) is 17.7. The number of benzene rings is 2. The summed E-state index contributed by atoms with van der Waals surface area (Å²) in [6, 6.07) is 14.5. The zero-order valence-corrected chi connectivity index (χ0v) is 17.7. The summed E-state index contributed by atoms with van der Waals surface area (Å²) in [5.41, 5.74) is 5.61. The maximum atomic E-state index is 13.1. The maximum Gasteiger partial charge on any atom is 0.338 e. The van der Waals surface area contributed by atoms with Crippen LogP contribution in [-0.4, -0.2) is 12.1 Å². The van der Waals surface area contributed by atoms with E-state index in [1.54, 1.807) is 0 Å². The standard InChI is InChI=1S/C26H34O2/c1-4-7-12-19(6-3)17-21(11-5-2)28-26(27)24-16-10-15-23-22-14-9-8-13-20(22)18-25(23)24/h8-10,13-16,19,21H,4-7,11-12,17-18H2,1-3H3. The molecule has 0 saturated carbocycles. The Morgan fingerprint density at radius 1 is 0.964 bits per heavy atom. The third-order valence-corrected chi connectivity index (χ3v) is 6.09. The first-order valence-electron chi connectivity index (χ1n) is 11.1. The van der Waals surface area contributed by atoms with Crippen LogP contribution in [0.5, 0.6) is 0 Å². The van der Waals surface area contributed by atoms with E-state index >= 15 is 0 Å². The molecule has 2 aromatic carbocycles. The van der Waals surface area contributed by atoms with Crippen LogP contribution >= 0.6 is 0 Å². The number of unbranched alkanes of at least 4 members (excludes halogenated alkanes) is 1. The molecule has 0 aliphatic heterocycles. The number of hydrogen-bond acceptors (Lipinski definition) is 2. The molecule has 0 aromatic heterocycles. The predicted octanol–water partition coefficient (Wildman–Crippen LogP) is 7.19. The van der Waals surface area contributed by atoms with Crippen LogP contribution in [0.25, 0.3) is 11.1 Å². The average Bonchev–Trinajstić information content (AvgIpc) is 3.09. The Morgan fingerprint density at radius 2 is 1.75 bits per heavy atom. The van der Waals surface area contributed by atoms with Gasteiger partial charge < -0.3 is 4.74 Å². The highest BCUT2D eigenvalue weighted by Gasteiger charge is 2.26. The van der Waals surface area contributed by atoms with Gasteiger partial charge in [-0.25, -0.2) is 4.79 Å². The van der Waals surface area contributed by atoms with Crippen molar-refractivity contribution in [1.82, 2.24) is 0 Å². The van der Waals surface area contributed by atoms with E-state index in [1.165, 1.54) is 36.0 Å². The minimum Gasteiger partial charge on any atom is -0.459 e. The van der Waals surface area contributed by atoms with Crippen LogP contribution in [0.3, 0.4) is 0 Å². The molecule has 2 unspecified atom stereocenters. The van der Waals surface area contributed by atoms with Crippen LogP contribution in [0, 0.1) is 5.92 Å². The van der Waals surface area contributed by atoms with Crippen molar-refractivity contribution in [3.8, 4) is 11.1 Å². The van der Waals surface area contributed by atoms with Gasteiger partial charge in [-0.15, -0.1) is 0 Å². The van der Waals surface area contributed by atoms with Gasteiger partial charge in [0.15, 0.2) is 0 Å². The Morgan fingerprint density at radius 3 is 2.50 bits per heavy atom. The molecule has 3 rings (SSSR count). The van der Waals surface area contributed by atoms with Crippen molar-refractivity contribution in [2.75, 3.05) is 0 Å². The molecule has 0 heterocycles. The second kappa shape index (κ2) is 9.91. The summed E-state index contributed by atoms with van der Waals surface area (Å²) < 4.78 is 6.07. The molecule has 1 aliphatic rings. The van der Waals surface area contributed by atoms with Gasteiger partial charge in [-0.2, -0.15) is 0 Å². The van der Waals surface area contributed by atoms with Crippen LogP contribution in [0.15, 0.2) is 42.5 Å². The smallest absolute Gasteiger partial charge is 0.338 e. The lowest BCUT2D eigenvalue weighted by Crippen LogP contribution is -2.22. The van der Waals surface area contributed by atoms with Gasteiger partial charge in [0.2, 0.25) is 0 Å². The van der Waals surface area contributed by atoms with Crippen LogP contribution in [0.1, 0.15) is 87.2 Å². The van der Waals surface area contributed by atoms with Gasteiger partial charge in [0.05, 0.1) is 5.56 Å². The van der Waals surface area contributed by atoms with E-state index in [0.717, 1.165) is 43.2 Å². The van der Waals surface area contributed by atoms with E-state index in [1.807, 2.05) is 12.1 Å².